The summed E-state index contributed by atoms with van der Waals surface area (Å²) in [4.78, 5) is 0. The molecule has 0 aromatic heterocycles. The molecule has 0 bridgehead atoms. The van der Waals surface area contributed by atoms with Gasteiger partial charge >= 0.3 is 0 Å². The van der Waals surface area contributed by atoms with Crippen LogP contribution in [0, 0.1) is 5.92 Å². The summed E-state index contributed by atoms with van der Waals surface area (Å²) in [6.07, 6.45) is -2.69. The third kappa shape index (κ3) is 2.18. The first-order valence-electron chi connectivity index (χ1n) is 4.36. The van der Waals surface area contributed by atoms with Gasteiger partial charge in [0.05, 0.1) is 18.8 Å². The summed E-state index contributed by atoms with van der Waals surface area (Å²) in [5.74, 6) is -0.196. The van der Waals surface area contributed by atoms with E-state index in [0.717, 1.165) is 0 Å². The van der Waals surface area contributed by atoms with Crippen molar-refractivity contribution in [2.45, 2.75) is 30.8 Å². The van der Waals surface area contributed by atoms with Crippen LogP contribution in [-0.2, 0) is 4.74 Å². The number of rotatable bonds is 2. The van der Waals surface area contributed by atoms with E-state index in [1.54, 1.807) is 0 Å². The van der Waals surface area contributed by atoms with E-state index in [9.17, 15) is 15.3 Å². The second-order valence-corrected chi connectivity index (χ2v) is 3.59. The molecule has 5 N–H and O–H groups in total. The molecule has 1 fully saturated rings. The molecular weight excluding hydrogens is 174 g/mol. The predicted molar refractivity (Wildman–Crippen MR) is 46.0 cm³/mol. The van der Waals surface area contributed by atoms with E-state index in [1.807, 2.05) is 0 Å². The van der Waals surface area contributed by atoms with Crippen molar-refractivity contribution in [1.82, 2.24) is 0 Å². The summed E-state index contributed by atoms with van der Waals surface area (Å²) < 4.78 is 4.88. The van der Waals surface area contributed by atoms with Gasteiger partial charge in [-0.15, -0.1) is 0 Å². The van der Waals surface area contributed by atoms with Gasteiger partial charge in [0.2, 0.25) is 0 Å². The summed E-state index contributed by atoms with van der Waals surface area (Å²) in [5.41, 5.74) is 5.57. The fourth-order valence-corrected chi connectivity index (χ4v) is 1.74. The van der Waals surface area contributed by atoms with Crippen LogP contribution < -0.4 is 5.73 Å². The molecule has 13 heavy (non-hydrogen) atoms. The third-order valence-electron chi connectivity index (χ3n) is 2.58. The minimum absolute atomic E-state index is 0.196. The molecule has 78 valence electrons. The van der Waals surface area contributed by atoms with Gasteiger partial charge in [0.25, 0.3) is 0 Å². The highest BCUT2D eigenvalue weighted by Crippen LogP contribution is 2.24. The second-order valence-electron chi connectivity index (χ2n) is 3.59. The molecule has 1 aliphatic carbocycles. The lowest BCUT2D eigenvalue weighted by atomic mass is 9.80. The van der Waals surface area contributed by atoms with Crippen LogP contribution in [-0.4, -0.2) is 53.4 Å². The molecule has 0 amide bonds. The first-order chi connectivity index (χ1) is 6.07. The van der Waals surface area contributed by atoms with Crippen LogP contribution in [0.2, 0.25) is 0 Å². The van der Waals surface area contributed by atoms with Crippen molar-refractivity contribution in [3.05, 3.63) is 0 Å². The number of hydrogen-bond donors (Lipinski definition) is 4. The fraction of sp³-hybridized carbons (Fsp3) is 1.00. The maximum atomic E-state index is 9.51. The lowest BCUT2D eigenvalue weighted by Crippen LogP contribution is -2.57. The number of methoxy groups -OCH3 is 1. The predicted octanol–water partition coefficient (Wildman–Crippen LogP) is -1.94. The highest BCUT2D eigenvalue weighted by atomic mass is 16.5. The molecule has 5 nitrogen and oxygen atoms in total. The molecule has 0 heterocycles. The van der Waals surface area contributed by atoms with Crippen LogP contribution in [0.3, 0.4) is 0 Å². The van der Waals surface area contributed by atoms with Crippen LogP contribution >= 0.6 is 0 Å². The molecule has 0 unspecified atom stereocenters. The van der Waals surface area contributed by atoms with Gasteiger partial charge in [-0.05, 0) is 6.42 Å². The largest absolute Gasteiger partial charge is 0.390 e. The standard InChI is InChI=1S/C8H17NO4/c1-13-3-4-2-5(9)7(11)8(12)6(4)10/h4-8,10-12H,2-3,9H2,1H3/t4-,5+,6-,7+,8+/m1/s1. The van der Waals surface area contributed by atoms with Crippen molar-refractivity contribution in [2.24, 2.45) is 11.7 Å². The zero-order valence-electron chi connectivity index (χ0n) is 7.63. The third-order valence-corrected chi connectivity index (χ3v) is 2.58. The average Bonchev–Trinajstić information content (AvgIpc) is 2.11. The van der Waals surface area contributed by atoms with E-state index >= 15 is 0 Å². The molecule has 1 saturated carbocycles. The highest BCUT2D eigenvalue weighted by molar-refractivity contribution is 4.94. The minimum Gasteiger partial charge on any atom is -0.390 e. The normalized spacial score (nSPS) is 46.4. The van der Waals surface area contributed by atoms with Gasteiger partial charge < -0.3 is 25.8 Å². The molecule has 0 aromatic rings. The zero-order chi connectivity index (χ0) is 10.0. The molecule has 0 aromatic carbocycles. The highest BCUT2D eigenvalue weighted by Gasteiger charge is 2.40. The van der Waals surface area contributed by atoms with E-state index in [-0.39, 0.29) is 5.92 Å². The quantitative estimate of drug-likeness (QED) is 0.407. The monoisotopic (exact) mass is 191 g/mol. The summed E-state index contributed by atoms with van der Waals surface area (Å²) in [6, 6.07) is -0.487. The van der Waals surface area contributed by atoms with Crippen molar-refractivity contribution in [3.8, 4) is 0 Å². The number of hydrogen-bond acceptors (Lipinski definition) is 5. The number of aliphatic hydroxyl groups excluding tert-OH is 3. The molecule has 1 aliphatic rings. The van der Waals surface area contributed by atoms with Crippen molar-refractivity contribution < 1.29 is 20.1 Å². The Morgan fingerprint density at radius 1 is 1.23 bits per heavy atom. The molecule has 5 atom stereocenters. The van der Waals surface area contributed by atoms with Crippen LogP contribution in [0.1, 0.15) is 6.42 Å². The Kier molecular flexibility index (Phi) is 3.63. The molecule has 0 aliphatic heterocycles. The van der Waals surface area contributed by atoms with E-state index < -0.39 is 24.4 Å². The van der Waals surface area contributed by atoms with Crippen molar-refractivity contribution in [3.63, 3.8) is 0 Å². The molecule has 0 spiro atoms. The van der Waals surface area contributed by atoms with E-state index in [0.29, 0.717) is 13.0 Å². The Bertz CT molecular complexity index is 166. The summed E-state index contributed by atoms with van der Waals surface area (Å²) >= 11 is 0. The first kappa shape index (κ1) is 10.9. The molecule has 1 rings (SSSR count). The number of ether oxygens (including phenoxy) is 1. The van der Waals surface area contributed by atoms with Crippen LogP contribution in [0.5, 0.6) is 0 Å². The van der Waals surface area contributed by atoms with Crippen LogP contribution in [0.15, 0.2) is 0 Å². The summed E-state index contributed by atoms with van der Waals surface area (Å²) in [6.45, 7) is 0.346. The van der Waals surface area contributed by atoms with Gasteiger partial charge in [-0.1, -0.05) is 0 Å². The second kappa shape index (κ2) is 4.34. The van der Waals surface area contributed by atoms with Gasteiger partial charge in [-0.2, -0.15) is 0 Å². The van der Waals surface area contributed by atoms with Crippen molar-refractivity contribution in [1.29, 1.82) is 0 Å². The van der Waals surface area contributed by atoms with Crippen LogP contribution in [0.4, 0.5) is 0 Å². The van der Waals surface area contributed by atoms with E-state index in [1.165, 1.54) is 7.11 Å². The molecule has 0 radical (unpaired) electrons. The Hall–Kier alpha value is -0.200. The van der Waals surface area contributed by atoms with Crippen molar-refractivity contribution >= 4 is 0 Å². The van der Waals surface area contributed by atoms with Gasteiger partial charge in [0.15, 0.2) is 0 Å². The molecule has 0 saturated heterocycles. The molecular formula is C8H17NO4. The minimum atomic E-state index is -1.16. The van der Waals surface area contributed by atoms with Gasteiger partial charge in [0, 0.05) is 19.1 Å². The van der Waals surface area contributed by atoms with E-state index in [4.69, 9.17) is 10.5 Å². The van der Waals surface area contributed by atoms with Gasteiger partial charge in [-0.25, -0.2) is 0 Å². The maximum absolute atomic E-state index is 9.51. The molecule has 5 heteroatoms. The van der Waals surface area contributed by atoms with Crippen molar-refractivity contribution in [2.75, 3.05) is 13.7 Å². The Morgan fingerprint density at radius 3 is 2.38 bits per heavy atom. The van der Waals surface area contributed by atoms with Gasteiger partial charge in [0.1, 0.15) is 6.10 Å². The van der Waals surface area contributed by atoms with Crippen LogP contribution in [0.25, 0.3) is 0 Å². The SMILES string of the molecule is COC[C@H]1C[C@H](N)[C@H](O)[C@@H](O)[C@@H]1O. The topological polar surface area (TPSA) is 95.9 Å². The first-order valence-corrected chi connectivity index (χ1v) is 4.36. The zero-order valence-corrected chi connectivity index (χ0v) is 7.63. The number of nitrogens with two attached hydrogens (primary N) is 1. The fourth-order valence-electron chi connectivity index (χ4n) is 1.74. The summed E-state index contributed by atoms with van der Waals surface area (Å²) in [7, 11) is 1.52. The lowest BCUT2D eigenvalue weighted by Gasteiger charge is -2.38. The Labute approximate surface area is 77.1 Å². The Morgan fingerprint density at radius 2 is 1.85 bits per heavy atom. The Balaban J connectivity index is 2.59. The van der Waals surface area contributed by atoms with E-state index in [2.05, 4.69) is 0 Å². The van der Waals surface area contributed by atoms with Gasteiger partial charge in [-0.3, -0.25) is 0 Å². The summed E-state index contributed by atoms with van der Waals surface area (Å²) in [5, 5.41) is 28.2. The smallest absolute Gasteiger partial charge is 0.108 e. The average molecular weight is 191 g/mol. The maximum Gasteiger partial charge on any atom is 0.108 e. The number of aliphatic hydroxyl groups is 3. The lowest BCUT2D eigenvalue weighted by molar-refractivity contribution is -0.127.